The lowest BCUT2D eigenvalue weighted by atomic mass is 10.0. The second-order valence-corrected chi connectivity index (χ2v) is 10.3. The van der Waals surface area contributed by atoms with Gasteiger partial charge in [0.25, 0.3) is 5.91 Å². The third-order valence-electron chi connectivity index (χ3n) is 6.23. The molecule has 9 heteroatoms. The molecule has 0 bridgehead atoms. The summed E-state index contributed by atoms with van der Waals surface area (Å²) in [7, 11) is 1.28. The molecule has 1 aromatic heterocycles. The first-order valence-electron chi connectivity index (χ1n) is 12.5. The number of hydrogen-bond donors (Lipinski definition) is 1. The fraction of sp³-hybridized carbons (Fsp3) is 0.379. The van der Waals surface area contributed by atoms with Gasteiger partial charge in [-0.15, -0.1) is 0 Å². The number of likely N-dealkylation sites (tertiary alicyclic amines) is 1. The molecule has 9 nitrogen and oxygen atoms in total. The van der Waals surface area contributed by atoms with E-state index in [4.69, 9.17) is 14.2 Å². The highest BCUT2D eigenvalue weighted by molar-refractivity contribution is 5.95. The number of pyridine rings is 1. The Balaban J connectivity index is 1.40. The molecule has 2 heterocycles. The zero-order valence-electron chi connectivity index (χ0n) is 22.3. The van der Waals surface area contributed by atoms with Gasteiger partial charge in [0.1, 0.15) is 18.0 Å². The molecule has 0 saturated carbocycles. The van der Waals surface area contributed by atoms with E-state index < -0.39 is 29.6 Å². The van der Waals surface area contributed by atoms with E-state index in [1.54, 1.807) is 45.0 Å². The van der Waals surface area contributed by atoms with Crippen molar-refractivity contribution in [1.82, 2.24) is 15.2 Å². The number of hydrogen-bond acceptors (Lipinski definition) is 7. The summed E-state index contributed by atoms with van der Waals surface area (Å²) in [6, 6.07) is 16.1. The Labute approximate surface area is 222 Å². The number of carbonyl (C=O) groups is 3. The predicted octanol–water partition coefficient (Wildman–Crippen LogP) is 4.26. The number of amides is 2. The van der Waals surface area contributed by atoms with Crippen molar-refractivity contribution < 1.29 is 28.6 Å². The van der Waals surface area contributed by atoms with Crippen molar-refractivity contribution >= 4 is 28.9 Å². The van der Waals surface area contributed by atoms with Crippen molar-refractivity contribution in [3.63, 3.8) is 0 Å². The number of para-hydroxylation sites is 1. The average Bonchev–Trinajstić information content (AvgIpc) is 3.30. The van der Waals surface area contributed by atoms with Crippen LogP contribution in [0.1, 0.15) is 42.4 Å². The first kappa shape index (κ1) is 26.9. The highest BCUT2D eigenvalue weighted by atomic mass is 16.6. The topological polar surface area (TPSA) is 107 Å². The zero-order valence-corrected chi connectivity index (χ0v) is 22.3. The largest absolute Gasteiger partial charge is 0.489 e. The minimum absolute atomic E-state index is 0.0997. The lowest BCUT2D eigenvalue weighted by Gasteiger charge is -2.24. The van der Waals surface area contributed by atoms with Gasteiger partial charge in [-0.1, -0.05) is 18.2 Å². The number of aromatic nitrogens is 1. The number of fused-ring (bicyclic) bond motifs is 1. The Hall–Kier alpha value is -4.14. The number of methoxy groups -OCH3 is 1. The van der Waals surface area contributed by atoms with E-state index in [0.29, 0.717) is 17.9 Å². The average molecular weight is 520 g/mol. The van der Waals surface area contributed by atoms with E-state index >= 15 is 0 Å². The molecule has 1 N–H and O–H groups in total. The first-order valence-corrected chi connectivity index (χ1v) is 12.5. The van der Waals surface area contributed by atoms with Gasteiger partial charge in [0.2, 0.25) is 0 Å². The van der Waals surface area contributed by atoms with E-state index in [9.17, 15) is 14.4 Å². The Morgan fingerprint density at radius 2 is 1.76 bits per heavy atom. The van der Waals surface area contributed by atoms with E-state index in [1.165, 1.54) is 12.0 Å². The molecule has 2 aromatic carbocycles. The molecule has 2 atom stereocenters. The Morgan fingerprint density at radius 3 is 2.45 bits per heavy atom. The standard InChI is InChI=1S/C29H33N3O6/c1-18-14-20(22-8-6-7-9-24(22)30-18)17-37-21-12-10-19(11-13-21)26(33)31-25-16-32(15-23(25)27(34)36-5)28(35)38-29(2,3)4/h6-14,23,25H,15-17H2,1-5H3,(H,31,33). The molecule has 0 spiro atoms. The number of carbonyl (C=O) groups excluding carboxylic acids is 3. The van der Waals surface area contributed by atoms with Crippen LogP contribution in [0.4, 0.5) is 4.79 Å². The Morgan fingerprint density at radius 1 is 1.05 bits per heavy atom. The molecule has 4 rings (SSSR count). The van der Waals surface area contributed by atoms with E-state index in [-0.39, 0.29) is 19.0 Å². The summed E-state index contributed by atoms with van der Waals surface area (Å²) in [6.45, 7) is 7.86. The third kappa shape index (κ3) is 6.40. The number of ether oxygens (including phenoxy) is 3. The molecule has 0 aliphatic carbocycles. The van der Waals surface area contributed by atoms with Crippen LogP contribution in [0.2, 0.25) is 0 Å². The smallest absolute Gasteiger partial charge is 0.410 e. The number of nitrogens with one attached hydrogen (secondary N) is 1. The fourth-order valence-corrected chi connectivity index (χ4v) is 4.45. The molecule has 38 heavy (non-hydrogen) atoms. The molecule has 2 amide bonds. The summed E-state index contributed by atoms with van der Waals surface area (Å²) in [6.07, 6.45) is -0.540. The fourth-order valence-electron chi connectivity index (χ4n) is 4.45. The molecule has 2 unspecified atom stereocenters. The van der Waals surface area contributed by atoms with Crippen molar-refractivity contribution in [2.24, 2.45) is 5.92 Å². The van der Waals surface area contributed by atoms with Gasteiger partial charge in [0.15, 0.2) is 0 Å². The monoisotopic (exact) mass is 519 g/mol. The summed E-state index contributed by atoms with van der Waals surface area (Å²) in [4.78, 5) is 43.9. The Kier molecular flexibility index (Phi) is 7.85. The molecule has 3 aromatic rings. The molecular weight excluding hydrogens is 486 g/mol. The molecule has 1 aliphatic rings. The van der Waals surface area contributed by atoms with E-state index in [2.05, 4.69) is 10.3 Å². The van der Waals surface area contributed by atoms with Gasteiger partial charge in [-0.2, -0.15) is 0 Å². The number of nitrogens with zero attached hydrogens (tertiary/aromatic N) is 2. The van der Waals surface area contributed by atoms with Gasteiger partial charge in [0.05, 0.1) is 24.6 Å². The maximum Gasteiger partial charge on any atom is 0.410 e. The zero-order chi connectivity index (χ0) is 27.4. The molecule has 1 saturated heterocycles. The minimum atomic E-state index is -0.697. The summed E-state index contributed by atoms with van der Waals surface area (Å²) in [5, 5.41) is 3.91. The van der Waals surface area contributed by atoms with Crippen molar-refractivity contribution in [2.45, 2.75) is 45.9 Å². The predicted molar refractivity (Wildman–Crippen MR) is 142 cm³/mol. The summed E-state index contributed by atoms with van der Waals surface area (Å²) in [5.41, 5.74) is 2.59. The quantitative estimate of drug-likeness (QED) is 0.485. The van der Waals surface area contributed by atoms with Gasteiger partial charge in [-0.05, 0) is 64.1 Å². The number of esters is 1. The van der Waals surface area contributed by atoms with Gasteiger partial charge in [-0.3, -0.25) is 14.6 Å². The van der Waals surface area contributed by atoms with Crippen molar-refractivity contribution in [2.75, 3.05) is 20.2 Å². The molecule has 200 valence electrons. The SMILES string of the molecule is COC(=O)C1CN(C(=O)OC(C)(C)C)CC1NC(=O)c1ccc(OCc2cc(C)nc3ccccc23)cc1. The molecular formula is C29H33N3O6. The summed E-state index contributed by atoms with van der Waals surface area (Å²) in [5.74, 6) is -0.941. The van der Waals surface area contributed by atoms with Crippen LogP contribution in [-0.2, 0) is 20.9 Å². The van der Waals surface area contributed by atoms with Crippen LogP contribution in [0.25, 0.3) is 10.9 Å². The van der Waals surface area contributed by atoms with Crippen molar-refractivity contribution in [3.05, 3.63) is 71.4 Å². The van der Waals surface area contributed by atoms with E-state index in [0.717, 1.165) is 22.2 Å². The number of aryl methyl sites for hydroxylation is 1. The van der Waals surface area contributed by atoms with Crippen LogP contribution in [0.15, 0.2) is 54.6 Å². The van der Waals surface area contributed by atoms with Gasteiger partial charge < -0.3 is 24.4 Å². The van der Waals surface area contributed by atoms with Crippen LogP contribution in [-0.4, -0.2) is 59.7 Å². The number of rotatable bonds is 6. The number of benzene rings is 2. The highest BCUT2D eigenvalue weighted by Crippen LogP contribution is 2.23. The van der Waals surface area contributed by atoms with Crippen LogP contribution in [0.5, 0.6) is 5.75 Å². The van der Waals surface area contributed by atoms with Crippen molar-refractivity contribution in [3.8, 4) is 5.75 Å². The first-order chi connectivity index (χ1) is 18.0. The van der Waals surface area contributed by atoms with Crippen LogP contribution < -0.4 is 10.1 Å². The normalized spacial score (nSPS) is 17.2. The molecule has 1 fully saturated rings. The van der Waals surface area contributed by atoms with Crippen LogP contribution in [0.3, 0.4) is 0 Å². The lowest BCUT2D eigenvalue weighted by molar-refractivity contribution is -0.145. The molecule has 1 aliphatic heterocycles. The third-order valence-corrected chi connectivity index (χ3v) is 6.23. The summed E-state index contributed by atoms with van der Waals surface area (Å²) < 4.78 is 16.3. The lowest BCUT2D eigenvalue weighted by Crippen LogP contribution is -2.43. The van der Waals surface area contributed by atoms with E-state index in [1.807, 2.05) is 37.3 Å². The summed E-state index contributed by atoms with van der Waals surface area (Å²) >= 11 is 0. The van der Waals surface area contributed by atoms with Crippen molar-refractivity contribution in [1.29, 1.82) is 0 Å². The maximum absolute atomic E-state index is 13.0. The maximum atomic E-state index is 13.0. The van der Waals surface area contributed by atoms with Gasteiger partial charge in [-0.25, -0.2) is 4.79 Å². The van der Waals surface area contributed by atoms with Gasteiger partial charge in [0, 0.05) is 35.3 Å². The second-order valence-electron chi connectivity index (χ2n) is 10.3. The Bertz CT molecular complexity index is 1330. The minimum Gasteiger partial charge on any atom is -0.489 e. The van der Waals surface area contributed by atoms with Crippen LogP contribution >= 0.6 is 0 Å². The highest BCUT2D eigenvalue weighted by Gasteiger charge is 2.42. The molecule has 0 radical (unpaired) electrons. The second kappa shape index (κ2) is 11.1. The van der Waals surface area contributed by atoms with Gasteiger partial charge >= 0.3 is 12.1 Å². The van der Waals surface area contributed by atoms with Crippen LogP contribution in [0, 0.1) is 12.8 Å².